The predicted molar refractivity (Wildman–Crippen MR) is 59.5 cm³/mol. The van der Waals surface area contributed by atoms with Gasteiger partial charge in [-0.2, -0.15) is 0 Å². The Balaban J connectivity index is 2.99. The third-order valence-corrected chi connectivity index (χ3v) is 1.82. The van der Waals surface area contributed by atoms with E-state index in [1.165, 1.54) is 7.11 Å². The largest absolute Gasteiger partial charge is 0.465 e. The van der Waals surface area contributed by atoms with Crippen LogP contribution in [0.3, 0.4) is 0 Å². The van der Waals surface area contributed by atoms with Gasteiger partial charge in [0.2, 0.25) is 0 Å². The molecule has 0 saturated carbocycles. The molecule has 0 aliphatic rings. The van der Waals surface area contributed by atoms with Gasteiger partial charge in [0.05, 0.1) is 24.0 Å². The predicted octanol–water partition coefficient (Wildman–Crippen LogP) is 0.944. The van der Waals surface area contributed by atoms with Gasteiger partial charge < -0.3 is 15.9 Å². The van der Waals surface area contributed by atoms with Gasteiger partial charge in [0.1, 0.15) is 0 Å². The Kier molecular flexibility index (Phi) is 3.51. The second kappa shape index (κ2) is 4.65. The second-order valence-corrected chi connectivity index (χ2v) is 3.30. The van der Waals surface area contributed by atoms with Crippen LogP contribution < -0.4 is 11.2 Å². The van der Waals surface area contributed by atoms with Crippen LogP contribution in [0.4, 0.5) is 11.4 Å². The number of methoxy groups -OCH3 is 1. The van der Waals surface area contributed by atoms with Crippen molar-refractivity contribution < 1.29 is 9.53 Å². The van der Waals surface area contributed by atoms with E-state index in [0.717, 1.165) is 0 Å². The molecule has 0 saturated heterocycles. The smallest absolute Gasteiger partial charge is 0.337 e. The SMILES string of the molecule is COC(=O)c1ccc(N)c(NN(C)C)c1. The number of nitrogens with one attached hydrogen (secondary N) is 1. The van der Waals surface area contributed by atoms with E-state index in [9.17, 15) is 4.79 Å². The van der Waals surface area contributed by atoms with Gasteiger partial charge in [-0.25, -0.2) is 9.80 Å². The van der Waals surface area contributed by atoms with Crippen LogP contribution >= 0.6 is 0 Å². The summed E-state index contributed by atoms with van der Waals surface area (Å²) >= 11 is 0. The molecule has 0 spiro atoms. The van der Waals surface area contributed by atoms with Crippen LogP contribution in [0.15, 0.2) is 18.2 Å². The first-order valence-electron chi connectivity index (χ1n) is 4.46. The lowest BCUT2D eigenvalue weighted by Gasteiger charge is -2.15. The molecule has 1 aromatic rings. The number of esters is 1. The highest BCUT2D eigenvalue weighted by Gasteiger charge is 2.08. The molecular weight excluding hydrogens is 194 g/mol. The molecule has 0 amide bonds. The molecule has 0 aliphatic carbocycles. The van der Waals surface area contributed by atoms with E-state index in [2.05, 4.69) is 10.2 Å². The number of hydrogen-bond acceptors (Lipinski definition) is 5. The molecule has 0 atom stereocenters. The second-order valence-electron chi connectivity index (χ2n) is 3.30. The van der Waals surface area contributed by atoms with Crippen molar-refractivity contribution in [2.45, 2.75) is 0 Å². The number of nitrogens with two attached hydrogens (primary N) is 1. The molecule has 0 radical (unpaired) electrons. The highest BCUT2D eigenvalue weighted by Crippen LogP contribution is 2.20. The minimum absolute atomic E-state index is 0.378. The van der Waals surface area contributed by atoms with Gasteiger partial charge in [-0.3, -0.25) is 0 Å². The number of anilines is 2. The lowest BCUT2D eigenvalue weighted by atomic mass is 10.2. The number of nitrogen functional groups attached to an aromatic ring is 1. The van der Waals surface area contributed by atoms with E-state index in [4.69, 9.17) is 5.73 Å². The zero-order valence-corrected chi connectivity index (χ0v) is 9.07. The summed E-state index contributed by atoms with van der Waals surface area (Å²) in [4.78, 5) is 11.3. The third kappa shape index (κ3) is 2.85. The molecule has 15 heavy (non-hydrogen) atoms. The molecule has 0 aliphatic heterocycles. The minimum Gasteiger partial charge on any atom is -0.465 e. The number of carbonyl (C=O) groups is 1. The molecule has 82 valence electrons. The number of rotatable bonds is 3. The van der Waals surface area contributed by atoms with Crippen molar-refractivity contribution in [1.82, 2.24) is 5.01 Å². The molecule has 0 fully saturated rings. The van der Waals surface area contributed by atoms with Crippen LogP contribution in [-0.2, 0) is 4.74 Å². The van der Waals surface area contributed by atoms with Gasteiger partial charge in [-0.15, -0.1) is 0 Å². The van der Waals surface area contributed by atoms with Gasteiger partial charge in [0, 0.05) is 14.1 Å². The van der Waals surface area contributed by atoms with Crippen LogP contribution in [0.25, 0.3) is 0 Å². The molecule has 0 heterocycles. The number of hydrogen-bond donors (Lipinski definition) is 2. The van der Waals surface area contributed by atoms with Crippen molar-refractivity contribution in [2.24, 2.45) is 0 Å². The lowest BCUT2D eigenvalue weighted by Crippen LogP contribution is -2.20. The third-order valence-electron chi connectivity index (χ3n) is 1.82. The van der Waals surface area contributed by atoms with E-state index in [0.29, 0.717) is 16.9 Å². The fourth-order valence-corrected chi connectivity index (χ4v) is 1.14. The van der Waals surface area contributed by atoms with Crippen molar-refractivity contribution in [1.29, 1.82) is 0 Å². The van der Waals surface area contributed by atoms with Crippen molar-refractivity contribution in [3.05, 3.63) is 23.8 Å². The average molecular weight is 209 g/mol. The Morgan fingerprint density at radius 3 is 2.67 bits per heavy atom. The molecule has 0 aromatic heterocycles. The summed E-state index contributed by atoms with van der Waals surface area (Å²) in [5.41, 5.74) is 10.5. The number of nitrogens with zero attached hydrogens (tertiary/aromatic N) is 1. The molecule has 1 aromatic carbocycles. The Hall–Kier alpha value is -1.75. The van der Waals surface area contributed by atoms with Crippen molar-refractivity contribution in [2.75, 3.05) is 32.4 Å². The molecule has 5 heteroatoms. The summed E-state index contributed by atoms with van der Waals surface area (Å²) in [6.07, 6.45) is 0. The van der Waals surface area contributed by atoms with Gasteiger partial charge in [0.25, 0.3) is 0 Å². The zero-order chi connectivity index (χ0) is 11.4. The number of carbonyl (C=O) groups excluding carboxylic acids is 1. The molecular formula is C10H15N3O2. The summed E-state index contributed by atoms with van der Waals surface area (Å²) in [5.74, 6) is -0.378. The highest BCUT2D eigenvalue weighted by atomic mass is 16.5. The van der Waals surface area contributed by atoms with Crippen molar-refractivity contribution >= 4 is 17.3 Å². The minimum atomic E-state index is -0.378. The Bertz CT molecular complexity index is 364. The first-order valence-corrected chi connectivity index (χ1v) is 4.46. The Labute approximate surface area is 88.8 Å². The Morgan fingerprint density at radius 1 is 1.47 bits per heavy atom. The summed E-state index contributed by atoms with van der Waals surface area (Å²) < 4.78 is 4.61. The molecule has 3 N–H and O–H groups in total. The van der Waals surface area contributed by atoms with Crippen LogP contribution in [0.5, 0.6) is 0 Å². The number of benzene rings is 1. The lowest BCUT2D eigenvalue weighted by molar-refractivity contribution is 0.0601. The van der Waals surface area contributed by atoms with Gasteiger partial charge in [-0.05, 0) is 18.2 Å². The molecule has 1 rings (SSSR count). The monoisotopic (exact) mass is 209 g/mol. The maximum absolute atomic E-state index is 11.3. The van der Waals surface area contributed by atoms with E-state index in [1.807, 2.05) is 14.1 Å². The van der Waals surface area contributed by atoms with Crippen LogP contribution in [0.2, 0.25) is 0 Å². The quantitative estimate of drug-likeness (QED) is 0.440. The van der Waals surface area contributed by atoms with E-state index in [-0.39, 0.29) is 5.97 Å². The summed E-state index contributed by atoms with van der Waals surface area (Å²) in [6.45, 7) is 0. The van der Waals surface area contributed by atoms with E-state index >= 15 is 0 Å². The first kappa shape index (κ1) is 11.3. The first-order chi connectivity index (χ1) is 7.04. The maximum Gasteiger partial charge on any atom is 0.337 e. The number of ether oxygens (including phenoxy) is 1. The van der Waals surface area contributed by atoms with Crippen molar-refractivity contribution in [3.63, 3.8) is 0 Å². The standard InChI is InChI=1S/C10H15N3O2/c1-13(2)12-9-6-7(10(14)15-3)4-5-8(9)11/h4-6,12H,11H2,1-3H3. The van der Waals surface area contributed by atoms with Gasteiger partial charge in [-0.1, -0.05) is 0 Å². The van der Waals surface area contributed by atoms with E-state index < -0.39 is 0 Å². The van der Waals surface area contributed by atoms with Crippen LogP contribution in [0, 0.1) is 0 Å². The maximum atomic E-state index is 11.3. The fraction of sp³-hybridized carbons (Fsp3) is 0.300. The average Bonchev–Trinajstić information content (AvgIpc) is 2.19. The fourth-order valence-electron chi connectivity index (χ4n) is 1.14. The van der Waals surface area contributed by atoms with Crippen molar-refractivity contribution in [3.8, 4) is 0 Å². The summed E-state index contributed by atoms with van der Waals surface area (Å²) in [6, 6.07) is 4.95. The van der Waals surface area contributed by atoms with Crippen LogP contribution in [0.1, 0.15) is 10.4 Å². The number of hydrazine groups is 1. The summed E-state index contributed by atoms with van der Waals surface area (Å²) in [7, 11) is 5.02. The van der Waals surface area contributed by atoms with Crippen LogP contribution in [-0.4, -0.2) is 32.2 Å². The molecule has 0 bridgehead atoms. The van der Waals surface area contributed by atoms with E-state index in [1.54, 1.807) is 23.2 Å². The Morgan fingerprint density at radius 2 is 2.13 bits per heavy atom. The van der Waals surface area contributed by atoms with Gasteiger partial charge in [0.15, 0.2) is 0 Å². The normalized spacial score (nSPS) is 10.1. The topological polar surface area (TPSA) is 67.6 Å². The van der Waals surface area contributed by atoms with Gasteiger partial charge >= 0.3 is 5.97 Å². The zero-order valence-electron chi connectivity index (χ0n) is 9.07. The molecule has 5 nitrogen and oxygen atoms in total. The highest BCUT2D eigenvalue weighted by molar-refractivity contribution is 5.91. The molecule has 0 unspecified atom stereocenters. The summed E-state index contributed by atoms with van der Waals surface area (Å²) in [5, 5.41) is 1.74.